The quantitative estimate of drug-likeness (QED) is 0.340. The number of pyridine rings is 1. The van der Waals surface area contributed by atoms with E-state index in [0.717, 1.165) is 22.7 Å². The SMILES string of the molecule is C=N/N=c1/c(-c2ccc(N(C)C)n3nc(C)nc23)cnc(NCc2c(F)ccc3c2CCO3)n1C. The Balaban J connectivity index is 1.57. The molecular formula is C24H26FN9O. The number of rotatable bonds is 6. The lowest BCUT2D eigenvalue weighted by molar-refractivity contribution is 0.356. The standard InChI is InChI=1S/C24H26FN9O/c1-14-29-22-16(6-9-21(32(3)4)34(22)31-14)18-13-28-24(33(5)23(18)30-26-2)27-12-17-15-10-11-35-20(15)8-7-19(17)25/h6-9,13H,2,10-12H2,1,3-5H3,(H,27,28)/b30-23-. The lowest BCUT2D eigenvalue weighted by atomic mass is 10.0. The van der Waals surface area contributed by atoms with Crippen LogP contribution in [0.3, 0.4) is 0 Å². The van der Waals surface area contributed by atoms with Crippen LogP contribution in [-0.2, 0) is 20.0 Å². The van der Waals surface area contributed by atoms with Crippen molar-refractivity contribution >= 4 is 24.1 Å². The van der Waals surface area contributed by atoms with Crippen LogP contribution in [0, 0.1) is 12.7 Å². The van der Waals surface area contributed by atoms with Gasteiger partial charge in [0.25, 0.3) is 0 Å². The second kappa shape index (κ2) is 8.82. The van der Waals surface area contributed by atoms with Gasteiger partial charge in [-0.15, -0.1) is 10.2 Å². The Kier molecular flexibility index (Phi) is 5.67. The zero-order chi connectivity index (χ0) is 24.7. The van der Waals surface area contributed by atoms with Gasteiger partial charge in [-0.05, 0) is 31.2 Å². The molecule has 4 aromatic rings. The predicted molar refractivity (Wildman–Crippen MR) is 132 cm³/mol. The number of halogens is 1. The maximum Gasteiger partial charge on any atom is 0.204 e. The number of nitrogens with zero attached hydrogens (tertiary/aromatic N) is 8. The van der Waals surface area contributed by atoms with Gasteiger partial charge in [-0.1, -0.05) is 0 Å². The van der Waals surface area contributed by atoms with Crippen molar-refractivity contribution in [1.29, 1.82) is 0 Å². The van der Waals surface area contributed by atoms with Gasteiger partial charge in [0.2, 0.25) is 5.95 Å². The van der Waals surface area contributed by atoms with Crippen molar-refractivity contribution in [1.82, 2.24) is 24.1 Å². The Morgan fingerprint density at radius 3 is 2.83 bits per heavy atom. The van der Waals surface area contributed by atoms with Crippen molar-refractivity contribution < 1.29 is 9.13 Å². The average molecular weight is 476 g/mol. The molecule has 0 bridgehead atoms. The van der Waals surface area contributed by atoms with E-state index in [4.69, 9.17) is 4.74 Å². The van der Waals surface area contributed by atoms with Gasteiger partial charge in [0, 0.05) is 69.3 Å². The fourth-order valence-electron chi connectivity index (χ4n) is 4.37. The predicted octanol–water partition coefficient (Wildman–Crippen LogP) is 2.71. The zero-order valence-corrected chi connectivity index (χ0v) is 20.1. The Bertz CT molecular complexity index is 1520. The molecule has 1 N–H and O–H groups in total. The Morgan fingerprint density at radius 2 is 2.06 bits per heavy atom. The second-order valence-corrected chi connectivity index (χ2v) is 8.47. The summed E-state index contributed by atoms with van der Waals surface area (Å²) in [5.41, 5.74) is 4.19. The molecule has 1 aliphatic rings. The van der Waals surface area contributed by atoms with E-state index in [1.165, 1.54) is 6.07 Å². The highest BCUT2D eigenvalue weighted by atomic mass is 19.1. The Labute approximate surface area is 201 Å². The third-order valence-corrected chi connectivity index (χ3v) is 6.04. The summed E-state index contributed by atoms with van der Waals surface area (Å²) in [6.45, 7) is 6.20. The maximum absolute atomic E-state index is 14.6. The van der Waals surface area contributed by atoms with Crippen LogP contribution in [0.15, 0.2) is 40.7 Å². The van der Waals surface area contributed by atoms with Crippen LogP contribution >= 0.6 is 0 Å². The van der Waals surface area contributed by atoms with Crippen molar-refractivity contribution in [3.05, 3.63) is 58.7 Å². The molecule has 0 spiro atoms. The highest BCUT2D eigenvalue weighted by molar-refractivity contribution is 5.78. The summed E-state index contributed by atoms with van der Waals surface area (Å²) in [6, 6.07) is 7.04. The third kappa shape index (κ3) is 3.88. The largest absolute Gasteiger partial charge is 0.493 e. The van der Waals surface area contributed by atoms with E-state index in [2.05, 4.69) is 37.3 Å². The van der Waals surface area contributed by atoms with Crippen molar-refractivity contribution in [3.8, 4) is 16.9 Å². The van der Waals surface area contributed by atoms with Gasteiger partial charge in [-0.3, -0.25) is 4.57 Å². The summed E-state index contributed by atoms with van der Waals surface area (Å²) in [6.07, 6.45) is 2.39. The molecule has 0 saturated carbocycles. The first-order valence-electron chi connectivity index (χ1n) is 11.2. The number of ether oxygens (including phenoxy) is 1. The monoisotopic (exact) mass is 475 g/mol. The van der Waals surface area contributed by atoms with Crippen LogP contribution in [0.5, 0.6) is 5.75 Å². The average Bonchev–Trinajstić information content (AvgIpc) is 3.46. The lowest BCUT2D eigenvalue weighted by Gasteiger charge is -2.17. The van der Waals surface area contributed by atoms with Gasteiger partial charge in [-0.25, -0.2) is 14.4 Å². The Hall–Kier alpha value is -4.28. The van der Waals surface area contributed by atoms with E-state index in [1.807, 2.05) is 45.1 Å². The van der Waals surface area contributed by atoms with Crippen LogP contribution in [0.4, 0.5) is 16.2 Å². The van der Waals surface area contributed by atoms with Crippen molar-refractivity contribution in [3.63, 3.8) is 0 Å². The molecule has 0 amide bonds. The molecule has 4 heterocycles. The first-order chi connectivity index (χ1) is 16.9. The molecule has 3 aromatic heterocycles. The molecular weight excluding hydrogens is 449 g/mol. The fraction of sp³-hybridized carbons (Fsp3) is 0.292. The van der Waals surface area contributed by atoms with E-state index in [-0.39, 0.29) is 12.4 Å². The van der Waals surface area contributed by atoms with E-state index in [9.17, 15) is 4.39 Å². The maximum atomic E-state index is 14.6. The van der Waals surface area contributed by atoms with Crippen LogP contribution in [-0.4, -0.2) is 51.6 Å². The molecule has 0 unspecified atom stereocenters. The van der Waals surface area contributed by atoms with Crippen LogP contribution in [0.1, 0.15) is 17.0 Å². The number of hydrogen-bond donors (Lipinski definition) is 1. The van der Waals surface area contributed by atoms with Gasteiger partial charge in [0.05, 0.1) is 6.61 Å². The van der Waals surface area contributed by atoms with Crippen LogP contribution in [0.2, 0.25) is 0 Å². The molecule has 5 rings (SSSR count). The number of aryl methyl sites for hydroxylation is 1. The molecule has 35 heavy (non-hydrogen) atoms. The molecule has 0 saturated heterocycles. The number of hydrogen-bond acceptors (Lipinski definition) is 8. The van der Waals surface area contributed by atoms with Gasteiger partial charge < -0.3 is 15.0 Å². The number of aromatic nitrogens is 5. The van der Waals surface area contributed by atoms with E-state index in [1.54, 1.807) is 21.3 Å². The molecule has 0 aliphatic carbocycles. The second-order valence-electron chi connectivity index (χ2n) is 8.47. The number of anilines is 2. The molecule has 11 heteroatoms. The summed E-state index contributed by atoms with van der Waals surface area (Å²) in [4.78, 5) is 11.2. The van der Waals surface area contributed by atoms with Crippen LogP contribution < -0.4 is 20.4 Å². The molecule has 0 fully saturated rings. The summed E-state index contributed by atoms with van der Waals surface area (Å²) >= 11 is 0. The summed E-state index contributed by atoms with van der Waals surface area (Å²) in [7, 11) is 5.72. The summed E-state index contributed by atoms with van der Waals surface area (Å²) < 4.78 is 23.7. The zero-order valence-electron chi connectivity index (χ0n) is 20.1. The number of nitrogens with one attached hydrogen (secondary N) is 1. The third-order valence-electron chi connectivity index (χ3n) is 6.04. The molecule has 1 aromatic carbocycles. The van der Waals surface area contributed by atoms with Crippen molar-refractivity contribution in [2.75, 3.05) is 30.9 Å². The fourth-order valence-corrected chi connectivity index (χ4v) is 4.37. The molecule has 0 atom stereocenters. The van der Waals surface area contributed by atoms with E-state index < -0.39 is 0 Å². The minimum atomic E-state index is -0.274. The normalized spacial score (nSPS) is 13.1. The molecule has 0 radical (unpaired) electrons. The van der Waals surface area contributed by atoms with Gasteiger partial charge in [-0.2, -0.15) is 9.62 Å². The first-order valence-corrected chi connectivity index (χ1v) is 11.2. The lowest BCUT2D eigenvalue weighted by Crippen LogP contribution is -2.25. The molecule has 180 valence electrons. The van der Waals surface area contributed by atoms with Gasteiger partial charge in [0.15, 0.2) is 11.1 Å². The van der Waals surface area contributed by atoms with Gasteiger partial charge in [0.1, 0.15) is 23.2 Å². The number of fused-ring (bicyclic) bond motifs is 2. The number of benzene rings is 1. The minimum Gasteiger partial charge on any atom is -0.493 e. The topological polar surface area (TPSA) is 97.2 Å². The van der Waals surface area contributed by atoms with Crippen molar-refractivity contribution in [2.45, 2.75) is 19.9 Å². The molecule has 1 aliphatic heterocycles. The van der Waals surface area contributed by atoms with Crippen LogP contribution in [0.25, 0.3) is 16.8 Å². The van der Waals surface area contributed by atoms with Crippen molar-refractivity contribution in [2.24, 2.45) is 17.3 Å². The van der Waals surface area contributed by atoms with E-state index >= 15 is 0 Å². The molecule has 10 nitrogen and oxygen atoms in total. The smallest absolute Gasteiger partial charge is 0.204 e. The minimum absolute atomic E-state index is 0.255. The Morgan fingerprint density at radius 1 is 1.23 bits per heavy atom. The summed E-state index contributed by atoms with van der Waals surface area (Å²) in [5.74, 6) is 2.51. The van der Waals surface area contributed by atoms with Gasteiger partial charge >= 0.3 is 0 Å². The van der Waals surface area contributed by atoms with E-state index in [0.29, 0.717) is 47.1 Å². The highest BCUT2D eigenvalue weighted by Gasteiger charge is 2.20. The summed E-state index contributed by atoms with van der Waals surface area (Å²) in [5, 5.41) is 15.8. The highest BCUT2D eigenvalue weighted by Crippen LogP contribution is 2.31. The first kappa shape index (κ1) is 22.5.